The van der Waals surface area contributed by atoms with Crippen molar-refractivity contribution in [2.45, 2.75) is 26.4 Å². The number of nitrogens with zero attached hydrogens (tertiary/aromatic N) is 1. The monoisotopic (exact) mass is 384 g/mol. The Labute approximate surface area is 131 Å². The van der Waals surface area contributed by atoms with Crippen molar-refractivity contribution in [1.82, 2.24) is 9.97 Å². The molecule has 0 spiro atoms. The van der Waals surface area contributed by atoms with Gasteiger partial charge in [0.25, 0.3) is 5.56 Å². The second kappa shape index (κ2) is 6.99. The van der Waals surface area contributed by atoms with Crippen LogP contribution in [0.25, 0.3) is 0 Å². The van der Waals surface area contributed by atoms with Crippen LogP contribution < -0.4 is 5.56 Å². The summed E-state index contributed by atoms with van der Waals surface area (Å²) in [4.78, 5) is 19.4. The van der Waals surface area contributed by atoms with E-state index in [2.05, 4.69) is 9.97 Å². The highest BCUT2D eigenvalue weighted by Crippen LogP contribution is 2.23. The number of hydrogen-bond acceptors (Lipinski definition) is 3. The van der Waals surface area contributed by atoms with Crippen molar-refractivity contribution in [3.63, 3.8) is 0 Å². The third-order valence-corrected chi connectivity index (χ3v) is 4.08. The SMILES string of the molecule is CCOC(c1ccccc1)c1nc(CC)c(I)c(=O)[nH]1. The highest BCUT2D eigenvalue weighted by atomic mass is 127. The Bertz CT molecular complexity index is 626. The normalized spacial score (nSPS) is 12.3. The van der Waals surface area contributed by atoms with Gasteiger partial charge in [-0.1, -0.05) is 37.3 Å². The maximum Gasteiger partial charge on any atom is 0.264 e. The first-order chi connectivity index (χ1) is 9.67. The summed E-state index contributed by atoms with van der Waals surface area (Å²) in [6, 6.07) is 9.81. The number of H-pyrrole nitrogens is 1. The molecule has 0 saturated carbocycles. The molecule has 0 amide bonds. The van der Waals surface area contributed by atoms with Gasteiger partial charge in [-0.25, -0.2) is 4.98 Å². The molecule has 2 rings (SSSR count). The summed E-state index contributed by atoms with van der Waals surface area (Å²) in [6.45, 7) is 4.48. The molecule has 1 atom stereocenters. The first-order valence-electron chi connectivity index (χ1n) is 6.62. The minimum absolute atomic E-state index is 0.104. The zero-order valence-corrected chi connectivity index (χ0v) is 13.7. The zero-order chi connectivity index (χ0) is 14.5. The van der Waals surface area contributed by atoms with Crippen LogP contribution >= 0.6 is 22.6 Å². The maximum atomic E-state index is 12.0. The molecule has 0 saturated heterocycles. The summed E-state index contributed by atoms with van der Waals surface area (Å²) >= 11 is 2.03. The Morgan fingerprint density at radius 3 is 2.60 bits per heavy atom. The standard InChI is InChI=1S/C15H17IN2O2/c1-3-11-12(16)15(19)18-14(17-11)13(20-4-2)10-8-6-5-7-9-10/h5-9,13H,3-4H2,1-2H3,(H,17,18,19). The first-order valence-corrected chi connectivity index (χ1v) is 7.70. The Morgan fingerprint density at radius 1 is 1.30 bits per heavy atom. The van der Waals surface area contributed by atoms with Gasteiger partial charge in [0.2, 0.25) is 0 Å². The lowest BCUT2D eigenvalue weighted by molar-refractivity contribution is 0.0847. The van der Waals surface area contributed by atoms with Gasteiger partial charge in [-0.3, -0.25) is 4.79 Å². The van der Waals surface area contributed by atoms with Crippen LogP contribution in [0.1, 0.15) is 37.0 Å². The second-order valence-electron chi connectivity index (χ2n) is 4.31. The minimum atomic E-state index is -0.337. The van der Waals surface area contributed by atoms with Crippen molar-refractivity contribution in [2.75, 3.05) is 6.61 Å². The van der Waals surface area contributed by atoms with Crippen LogP contribution in [-0.4, -0.2) is 16.6 Å². The molecule has 20 heavy (non-hydrogen) atoms. The highest BCUT2D eigenvalue weighted by Gasteiger charge is 2.19. The summed E-state index contributed by atoms with van der Waals surface area (Å²) in [5, 5.41) is 0. The van der Waals surface area contributed by atoms with Crippen molar-refractivity contribution in [2.24, 2.45) is 0 Å². The molecule has 1 heterocycles. The molecule has 0 fully saturated rings. The van der Waals surface area contributed by atoms with Gasteiger partial charge in [-0.2, -0.15) is 0 Å². The molecule has 0 bridgehead atoms. The van der Waals surface area contributed by atoms with Gasteiger partial charge in [-0.15, -0.1) is 0 Å². The summed E-state index contributed by atoms with van der Waals surface area (Å²) in [5.74, 6) is 0.570. The molecule has 1 unspecified atom stereocenters. The van der Waals surface area contributed by atoms with Crippen LogP contribution in [-0.2, 0) is 11.2 Å². The van der Waals surface area contributed by atoms with Gasteiger partial charge in [0, 0.05) is 6.61 Å². The third-order valence-electron chi connectivity index (χ3n) is 2.97. The van der Waals surface area contributed by atoms with Crippen LogP contribution in [0.2, 0.25) is 0 Å². The zero-order valence-electron chi connectivity index (χ0n) is 11.5. The fourth-order valence-electron chi connectivity index (χ4n) is 2.01. The molecular weight excluding hydrogens is 367 g/mol. The minimum Gasteiger partial charge on any atom is -0.366 e. The molecule has 0 aliphatic heterocycles. The number of nitrogens with one attached hydrogen (secondary N) is 1. The van der Waals surface area contributed by atoms with E-state index in [1.807, 2.05) is 66.8 Å². The van der Waals surface area contributed by atoms with Gasteiger partial charge >= 0.3 is 0 Å². The van der Waals surface area contributed by atoms with E-state index in [0.29, 0.717) is 16.0 Å². The van der Waals surface area contributed by atoms with Gasteiger partial charge in [0.1, 0.15) is 11.9 Å². The second-order valence-corrected chi connectivity index (χ2v) is 5.39. The average molecular weight is 384 g/mol. The quantitative estimate of drug-likeness (QED) is 0.807. The van der Waals surface area contributed by atoms with E-state index in [4.69, 9.17) is 4.74 Å². The number of aromatic amines is 1. The number of hydrogen-bond donors (Lipinski definition) is 1. The number of aromatic nitrogens is 2. The van der Waals surface area contributed by atoms with Crippen molar-refractivity contribution < 1.29 is 4.74 Å². The van der Waals surface area contributed by atoms with Crippen LogP contribution in [0.4, 0.5) is 0 Å². The molecule has 1 aromatic heterocycles. The van der Waals surface area contributed by atoms with E-state index < -0.39 is 0 Å². The van der Waals surface area contributed by atoms with E-state index in [9.17, 15) is 4.79 Å². The van der Waals surface area contributed by atoms with Crippen LogP contribution in [0.3, 0.4) is 0 Å². The average Bonchev–Trinajstić information content (AvgIpc) is 2.48. The summed E-state index contributed by atoms with van der Waals surface area (Å²) in [7, 11) is 0. The van der Waals surface area contributed by atoms with Crippen LogP contribution in [0.15, 0.2) is 35.1 Å². The Balaban J connectivity index is 2.50. The Hall–Kier alpha value is -1.21. The van der Waals surface area contributed by atoms with E-state index in [1.54, 1.807) is 0 Å². The van der Waals surface area contributed by atoms with Crippen molar-refractivity contribution >= 4 is 22.6 Å². The molecule has 1 N–H and O–H groups in total. The van der Waals surface area contributed by atoms with E-state index in [0.717, 1.165) is 17.7 Å². The van der Waals surface area contributed by atoms with Crippen molar-refractivity contribution in [3.8, 4) is 0 Å². The number of ether oxygens (including phenoxy) is 1. The molecule has 106 valence electrons. The molecule has 5 heteroatoms. The van der Waals surface area contributed by atoms with Gasteiger partial charge in [0.15, 0.2) is 0 Å². The number of aryl methyl sites for hydroxylation is 1. The molecule has 0 aliphatic rings. The molecule has 4 nitrogen and oxygen atoms in total. The number of rotatable bonds is 5. The van der Waals surface area contributed by atoms with Crippen LogP contribution in [0.5, 0.6) is 0 Å². The van der Waals surface area contributed by atoms with E-state index in [1.165, 1.54) is 0 Å². The van der Waals surface area contributed by atoms with Crippen molar-refractivity contribution in [3.05, 3.63) is 61.3 Å². The number of halogens is 1. The fourth-order valence-corrected chi connectivity index (χ4v) is 2.65. The molecular formula is C15H17IN2O2. The molecule has 1 aromatic carbocycles. The predicted molar refractivity (Wildman–Crippen MR) is 86.9 cm³/mol. The Kier molecular flexibility index (Phi) is 5.31. The molecule has 0 radical (unpaired) electrons. The highest BCUT2D eigenvalue weighted by molar-refractivity contribution is 14.1. The largest absolute Gasteiger partial charge is 0.366 e. The Morgan fingerprint density at radius 2 is 2.00 bits per heavy atom. The lowest BCUT2D eigenvalue weighted by atomic mass is 10.1. The summed E-state index contributed by atoms with van der Waals surface area (Å²) < 4.78 is 6.42. The van der Waals surface area contributed by atoms with Gasteiger partial charge < -0.3 is 9.72 Å². The third kappa shape index (κ3) is 3.27. The molecule has 2 aromatic rings. The first kappa shape index (κ1) is 15.2. The van der Waals surface area contributed by atoms with Crippen molar-refractivity contribution in [1.29, 1.82) is 0 Å². The lowest BCUT2D eigenvalue weighted by Gasteiger charge is -2.17. The van der Waals surface area contributed by atoms with Crippen LogP contribution in [0, 0.1) is 3.57 Å². The summed E-state index contributed by atoms with van der Waals surface area (Å²) in [5.41, 5.74) is 1.69. The molecule has 0 aliphatic carbocycles. The van der Waals surface area contributed by atoms with Gasteiger partial charge in [0.05, 0.1) is 9.26 Å². The maximum absolute atomic E-state index is 12.0. The predicted octanol–water partition coefficient (Wildman–Crippen LogP) is 3.06. The van der Waals surface area contributed by atoms with E-state index in [-0.39, 0.29) is 11.7 Å². The summed E-state index contributed by atoms with van der Waals surface area (Å²) in [6.07, 6.45) is 0.388. The topological polar surface area (TPSA) is 55.0 Å². The van der Waals surface area contributed by atoms with Gasteiger partial charge in [-0.05, 0) is 41.5 Å². The smallest absolute Gasteiger partial charge is 0.264 e. The number of benzene rings is 1. The fraction of sp³-hybridized carbons (Fsp3) is 0.333. The lowest BCUT2D eigenvalue weighted by Crippen LogP contribution is -2.21. The van der Waals surface area contributed by atoms with E-state index >= 15 is 0 Å².